The van der Waals surface area contributed by atoms with Crippen LogP contribution in [0.1, 0.15) is 32.6 Å². The minimum atomic E-state index is -0.0497. The number of hydrogen-bond acceptors (Lipinski definition) is 3. The molecule has 2 aliphatic rings. The lowest BCUT2D eigenvalue weighted by Gasteiger charge is -2.36. The molecule has 4 heteroatoms. The Balaban J connectivity index is 1.60. The Morgan fingerprint density at radius 3 is 2.50 bits per heavy atom. The smallest absolute Gasteiger partial charge is 0.219 e. The first-order valence-corrected chi connectivity index (χ1v) is 6.32. The van der Waals surface area contributed by atoms with Crippen molar-refractivity contribution in [2.45, 2.75) is 44.8 Å². The highest BCUT2D eigenvalue weighted by Gasteiger charge is 2.28. The molecule has 0 aromatic carbocycles. The summed E-state index contributed by atoms with van der Waals surface area (Å²) in [5, 5.41) is 12.7. The Hall–Kier alpha value is -0.610. The fraction of sp³-hybridized carbons (Fsp3) is 0.917. The number of nitrogens with zero attached hydrogens (tertiary/aromatic N) is 1. The van der Waals surface area contributed by atoms with E-state index in [9.17, 15) is 9.90 Å². The van der Waals surface area contributed by atoms with E-state index in [4.69, 9.17) is 0 Å². The van der Waals surface area contributed by atoms with Gasteiger partial charge in [0.25, 0.3) is 0 Å². The van der Waals surface area contributed by atoms with Gasteiger partial charge in [-0.25, -0.2) is 0 Å². The van der Waals surface area contributed by atoms with E-state index < -0.39 is 0 Å². The van der Waals surface area contributed by atoms with Gasteiger partial charge in [0.2, 0.25) is 5.91 Å². The molecule has 4 nitrogen and oxygen atoms in total. The van der Waals surface area contributed by atoms with Gasteiger partial charge in [-0.1, -0.05) is 0 Å². The lowest BCUT2D eigenvalue weighted by molar-refractivity contribution is -0.129. The van der Waals surface area contributed by atoms with Crippen molar-refractivity contribution in [3.05, 3.63) is 0 Å². The SMILES string of the molecule is CC(=O)N1CCC(NCC2CC(O)C2)CC1. The Morgan fingerprint density at radius 2 is 2.00 bits per heavy atom. The zero-order valence-corrected chi connectivity index (χ0v) is 9.98. The van der Waals surface area contributed by atoms with E-state index >= 15 is 0 Å². The molecule has 0 spiro atoms. The van der Waals surface area contributed by atoms with Crippen molar-refractivity contribution in [2.75, 3.05) is 19.6 Å². The lowest BCUT2D eigenvalue weighted by Crippen LogP contribution is -2.46. The Kier molecular flexibility index (Phi) is 3.82. The van der Waals surface area contributed by atoms with Crippen molar-refractivity contribution in [1.29, 1.82) is 0 Å². The van der Waals surface area contributed by atoms with Crippen molar-refractivity contribution in [2.24, 2.45) is 5.92 Å². The van der Waals surface area contributed by atoms with E-state index in [2.05, 4.69) is 5.32 Å². The predicted molar refractivity (Wildman–Crippen MR) is 62.0 cm³/mol. The summed E-state index contributed by atoms with van der Waals surface area (Å²) in [6.07, 6.45) is 3.99. The number of aliphatic hydroxyl groups is 1. The summed E-state index contributed by atoms with van der Waals surface area (Å²) in [6.45, 7) is 4.45. The minimum absolute atomic E-state index is 0.0497. The summed E-state index contributed by atoms with van der Waals surface area (Å²) in [5.74, 6) is 0.862. The normalized spacial score (nSPS) is 31.2. The van der Waals surface area contributed by atoms with Crippen LogP contribution in [-0.4, -0.2) is 47.7 Å². The molecule has 0 atom stereocenters. The lowest BCUT2D eigenvalue weighted by atomic mass is 9.82. The predicted octanol–water partition coefficient (Wildman–Crippen LogP) is 0.358. The van der Waals surface area contributed by atoms with Crippen LogP contribution < -0.4 is 5.32 Å². The first kappa shape index (κ1) is 11.9. The van der Waals surface area contributed by atoms with Crippen molar-refractivity contribution in [1.82, 2.24) is 10.2 Å². The summed E-state index contributed by atoms with van der Waals surface area (Å²) in [7, 11) is 0. The second kappa shape index (κ2) is 5.15. The van der Waals surface area contributed by atoms with Crippen LogP contribution in [0.5, 0.6) is 0 Å². The molecule has 1 amide bonds. The van der Waals surface area contributed by atoms with Crippen LogP contribution >= 0.6 is 0 Å². The maximum atomic E-state index is 11.1. The fourth-order valence-electron chi connectivity index (χ4n) is 2.60. The van der Waals surface area contributed by atoms with Gasteiger partial charge < -0.3 is 15.3 Å². The quantitative estimate of drug-likeness (QED) is 0.730. The summed E-state index contributed by atoms with van der Waals surface area (Å²) in [4.78, 5) is 13.1. The third kappa shape index (κ3) is 2.95. The summed E-state index contributed by atoms with van der Waals surface area (Å²) < 4.78 is 0. The number of aliphatic hydroxyl groups excluding tert-OH is 1. The number of carbonyl (C=O) groups excluding carboxylic acids is 1. The zero-order valence-electron chi connectivity index (χ0n) is 9.98. The topological polar surface area (TPSA) is 52.6 Å². The molecule has 0 radical (unpaired) electrons. The molecule has 1 aliphatic heterocycles. The third-order valence-corrected chi connectivity index (χ3v) is 3.85. The molecular formula is C12H22N2O2. The maximum absolute atomic E-state index is 11.1. The number of carbonyl (C=O) groups is 1. The average Bonchev–Trinajstić information content (AvgIpc) is 2.23. The van der Waals surface area contributed by atoms with E-state index in [1.807, 2.05) is 4.90 Å². The van der Waals surface area contributed by atoms with E-state index in [0.29, 0.717) is 12.0 Å². The van der Waals surface area contributed by atoms with Gasteiger partial charge in [0.1, 0.15) is 0 Å². The highest BCUT2D eigenvalue weighted by Crippen LogP contribution is 2.26. The minimum Gasteiger partial charge on any atom is -0.393 e. The number of nitrogens with one attached hydrogen (secondary N) is 1. The highest BCUT2D eigenvalue weighted by atomic mass is 16.3. The van der Waals surface area contributed by atoms with Crippen molar-refractivity contribution < 1.29 is 9.90 Å². The molecule has 1 saturated carbocycles. The molecule has 16 heavy (non-hydrogen) atoms. The number of piperidine rings is 1. The molecule has 92 valence electrons. The standard InChI is InChI=1S/C12H22N2O2/c1-9(15)14-4-2-11(3-5-14)13-8-10-6-12(16)7-10/h10-13,16H,2-8H2,1H3. The molecule has 1 heterocycles. The fourth-order valence-corrected chi connectivity index (χ4v) is 2.60. The van der Waals surface area contributed by atoms with Crippen LogP contribution in [-0.2, 0) is 4.79 Å². The molecular weight excluding hydrogens is 204 g/mol. The number of hydrogen-bond donors (Lipinski definition) is 2. The second-order valence-corrected chi connectivity index (χ2v) is 5.18. The summed E-state index contributed by atoms with van der Waals surface area (Å²) in [6, 6.07) is 0.563. The van der Waals surface area contributed by atoms with Crippen LogP contribution in [0.4, 0.5) is 0 Å². The average molecular weight is 226 g/mol. The molecule has 1 saturated heterocycles. The van der Waals surface area contributed by atoms with Gasteiger partial charge in [-0.3, -0.25) is 4.79 Å². The monoisotopic (exact) mass is 226 g/mol. The molecule has 2 fully saturated rings. The summed E-state index contributed by atoms with van der Waals surface area (Å²) >= 11 is 0. The Bertz CT molecular complexity index is 243. The van der Waals surface area contributed by atoms with Gasteiger partial charge in [-0.2, -0.15) is 0 Å². The van der Waals surface area contributed by atoms with E-state index in [1.54, 1.807) is 6.92 Å². The van der Waals surface area contributed by atoms with Gasteiger partial charge in [-0.15, -0.1) is 0 Å². The van der Waals surface area contributed by atoms with E-state index in [1.165, 1.54) is 0 Å². The zero-order chi connectivity index (χ0) is 11.5. The number of amides is 1. The largest absolute Gasteiger partial charge is 0.393 e. The molecule has 1 aliphatic carbocycles. The Labute approximate surface area is 97.0 Å². The molecule has 0 bridgehead atoms. The van der Waals surface area contributed by atoms with Crippen LogP contribution in [0.25, 0.3) is 0 Å². The maximum Gasteiger partial charge on any atom is 0.219 e. The highest BCUT2D eigenvalue weighted by molar-refractivity contribution is 5.73. The van der Waals surface area contributed by atoms with Crippen LogP contribution in [0, 0.1) is 5.92 Å². The third-order valence-electron chi connectivity index (χ3n) is 3.85. The van der Waals surface area contributed by atoms with Gasteiger partial charge in [-0.05, 0) is 38.1 Å². The van der Waals surface area contributed by atoms with Crippen LogP contribution in [0.15, 0.2) is 0 Å². The second-order valence-electron chi connectivity index (χ2n) is 5.18. The molecule has 0 aromatic rings. The van der Waals surface area contributed by atoms with Gasteiger partial charge >= 0.3 is 0 Å². The molecule has 2 N–H and O–H groups in total. The van der Waals surface area contributed by atoms with Crippen molar-refractivity contribution >= 4 is 5.91 Å². The molecule has 2 rings (SSSR count). The Morgan fingerprint density at radius 1 is 1.38 bits per heavy atom. The van der Waals surface area contributed by atoms with Crippen molar-refractivity contribution in [3.63, 3.8) is 0 Å². The number of likely N-dealkylation sites (tertiary alicyclic amines) is 1. The van der Waals surface area contributed by atoms with Gasteiger partial charge in [0.05, 0.1) is 6.10 Å². The number of rotatable bonds is 3. The van der Waals surface area contributed by atoms with E-state index in [0.717, 1.165) is 45.3 Å². The van der Waals surface area contributed by atoms with Gasteiger partial charge in [0.15, 0.2) is 0 Å². The molecule has 0 unspecified atom stereocenters. The first-order valence-electron chi connectivity index (χ1n) is 6.32. The van der Waals surface area contributed by atoms with Gasteiger partial charge in [0, 0.05) is 26.1 Å². The first-order chi connectivity index (χ1) is 7.65. The van der Waals surface area contributed by atoms with Crippen LogP contribution in [0.3, 0.4) is 0 Å². The molecule has 0 aromatic heterocycles. The van der Waals surface area contributed by atoms with Crippen molar-refractivity contribution in [3.8, 4) is 0 Å². The summed E-state index contributed by atoms with van der Waals surface area (Å²) in [5.41, 5.74) is 0. The van der Waals surface area contributed by atoms with E-state index in [-0.39, 0.29) is 12.0 Å². The van der Waals surface area contributed by atoms with Crippen LogP contribution in [0.2, 0.25) is 0 Å².